The number of unbranched alkanes of at least 4 members (excludes halogenated alkanes) is 1. The van der Waals surface area contributed by atoms with Gasteiger partial charge >= 0.3 is 0 Å². The third kappa shape index (κ3) is 7.17. The molecule has 0 fully saturated rings. The Kier molecular flexibility index (Phi) is 8.18. The fraction of sp³-hybridized carbons (Fsp3) is 0.737. The van der Waals surface area contributed by atoms with Crippen LogP contribution in [0.3, 0.4) is 0 Å². The molecule has 0 aliphatic rings. The van der Waals surface area contributed by atoms with Gasteiger partial charge in [0, 0.05) is 6.42 Å². The molecule has 0 aliphatic heterocycles. The molecule has 0 saturated carbocycles. The number of hydrogen-bond acceptors (Lipinski definition) is 1. The molecule has 0 rings (SSSR count). The molecule has 0 aromatic carbocycles. The maximum absolute atomic E-state index is 6.61. The Morgan fingerprint density at radius 1 is 1.18 bits per heavy atom. The van der Waals surface area contributed by atoms with E-state index in [4.69, 9.17) is 4.43 Å². The molecule has 3 heteroatoms. The Labute approximate surface area is 141 Å². The van der Waals surface area contributed by atoms with Gasteiger partial charge in [0.15, 0.2) is 0 Å². The van der Waals surface area contributed by atoms with Gasteiger partial charge in [-0.15, -0.1) is 6.58 Å². The van der Waals surface area contributed by atoms with E-state index in [1.165, 1.54) is 0 Å². The molecule has 0 heterocycles. The molecular formula is C19H38OSi2. The molecule has 0 aromatic heterocycles. The minimum atomic E-state index is -1.84. The SMILES string of the molecule is C=CCCCC(=C=C[Si](C)(C)C)O[Si](C)(C)C(C)(C)C(C)C. The van der Waals surface area contributed by atoms with Crippen LogP contribution in [0.1, 0.15) is 47.0 Å². The normalized spacial score (nSPS) is 12.8. The second kappa shape index (κ2) is 8.38. The van der Waals surface area contributed by atoms with Gasteiger partial charge in [0.25, 0.3) is 8.32 Å². The van der Waals surface area contributed by atoms with Crippen LogP contribution in [0.25, 0.3) is 0 Å². The van der Waals surface area contributed by atoms with Crippen LogP contribution in [0.15, 0.2) is 29.8 Å². The lowest BCUT2D eigenvalue weighted by Crippen LogP contribution is -2.44. The van der Waals surface area contributed by atoms with Crippen molar-refractivity contribution in [2.45, 2.75) is 84.7 Å². The lowest BCUT2D eigenvalue weighted by atomic mass is 9.99. The van der Waals surface area contributed by atoms with Crippen LogP contribution in [-0.4, -0.2) is 16.4 Å². The highest BCUT2D eigenvalue weighted by Gasteiger charge is 2.45. The summed E-state index contributed by atoms with van der Waals surface area (Å²) in [5, 5.41) is 0.234. The third-order valence-electron chi connectivity index (χ3n) is 4.85. The summed E-state index contributed by atoms with van der Waals surface area (Å²) < 4.78 is 6.61. The molecule has 0 aliphatic carbocycles. The molecule has 128 valence electrons. The van der Waals surface area contributed by atoms with Crippen molar-refractivity contribution in [1.29, 1.82) is 0 Å². The summed E-state index contributed by atoms with van der Waals surface area (Å²) in [5.41, 5.74) is 5.80. The van der Waals surface area contributed by atoms with Gasteiger partial charge < -0.3 is 4.43 Å². The van der Waals surface area contributed by atoms with Gasteiger partial charge in [-0.25, -0.2) is 0 Å². The molecule has 0 bridgehead atoms. The standard InChI is InChI=1S/C19H38OSi2/c1-11-12-13-14-18(15-16-21(6,7)8)20-22(9,10)19(4,5)17(2)3/h11,16-17H,1,12-14H2,2-10H3. The van der Waals surface area contributed by atoms with Crippen molar-refractivity contribution < 1.29 is 4.43 Å². The van der Waals surface area contributed by atoms with Crippen LogP contribution >= 0.6 is 0 Å². The van der Waals surface area contributed by atoms with Crippen LogP contribution in [0, 0.1) is 5.92 Å². The summed E-state index contributed by atoms with van der Waals surface area (Å²) in [4.78, 5) is 0. The van der Waals surface area contributed by atoms with Gasteiger partial charge in [-0.3, -0.25) is 0 Å². The number of rotatable bonds is 9. The van der Waals surface area contributed by atoms with Crippen molar-refractivity contribution in [2.75, 3.05) is 0 Å². The zero-order chi connectivity index (χ0) is 17.6. The quantitative estimate of drug-likeness (QED) is 0.146. The number of allylic oxidation sites excluding steroid dienone is 2. The highest BCUT2D eigenvalue weighted by atomic mass is 28.4. The lowest BCUT2D eigenvalue weighted by Gasteiger charge is -2.42. The van der Waals surface area contributed by atoms with E-state index in [0.29, 0.717) is 5.92 Å². The first kappa shape index (κ1) is 21.5. The van der Waals surface area contributed by atoms with E-state index in [1.807, 2.05) is 6.08 Å². The maximum Gasteiger partial charge on any atom is 0.251 e. The maximum atomic E-state index is 6.61. The van der Waals surface area contributed by atoms with Crippen molar-refractivity contribution in [3.63, 3.8) is 0 Å². The minimum absolute atomic E-state index is 0.234. The molecule has 22 heavy (non-hydrogen) atoms. The first-order valence-electron chi connectivity index (χ1n) is 8.60. The molecule has 0 amide bonds. The molecule has 0 N–H and O–H groups in total. The van der Waals surface area contributed by atoms with E-state index in [0.717, 1.165) is 25.0 Å². The van der Waals surface area contributed by atoms with E-state index in [2.05, 4.69) is 78.4 Å². The Bertz CT molecular complexity index is 419. The summed E-state index contributed by atoms with van der Waals surface area (Å²) in [6, 6.07) is 0. The van der Waals surface area contributed by atoms with Crippen molar-refractivity contribution in [3.05, 3.63) is 29.8 Å². The van der Waals surface area contributed by atoms with Gasteiger partial charge in [-0.2, -0.15) is 0 Å². The molecule has 0 aromatic rings. The van der Waals surface area contributed by atoms with Crippen LogP contribution in [0.5, 0.6) is 0 Å². The van der Waals surface area contributed by atoms with Gasteiger partial charge in [0.1, 0.15) is 5.76 Å². The molecule has 0 spiro atoms. The summed E-state index contributed by atoms with van der Waals surface area (Å²) in [5.74, 6) is 1.68. The smallest absolute Gasteiger partial charge is 0.251 e. The van der Waals surface area contributed by atoms with Gasteiger partial charge in [0.2, 0.25) is 0 Å². The monoisotopic (exact) mass is 338 g/mol. The van der Waals surface area contributed by atoms with E-state index in [-0.39, 0.29) is 5.04 Å². The Morgan fingerprint density at radius 3 is 2.14 bits per heavy atom. The van der Waals surface area contributed by atoms with Crippen molar-refractivity contribution in [2.24, 2.45) is 5.92 Å². The zero-order valence-corrected chi connectivity index (χ0v) is 18.5. The second-order valence-corrected chi connectivity index (χ2v) is 18.3. The van der Waals surface area contributed by atoms with Crippen LogP contribution < -0.4 is 0 Å². The Morgan fingerprint density at radius 2 is 1.73 bits per heavy atom. The fourth-order valence-electron chi connectivity index (χ4n) is 1.99. The summed E-state index contributed by atoms with van der Waals surface area (Å²) >= 11 is 0. The van der Waals surface area contributed by atoms with Gasteiger partial charge in [0.05, 0.1) is 8.07 Å². The molecule has 1 nitrogen and oxygen atoms in total. The molecule has 0 radical (unpaired) electrons. The molecule has 0 unspecified atom stereocenters. The van der Waals surface area contributed by atoms with E-state index in [1.54, 1.807) is 0 Å². The van der Waals surface area contributed by atoms with Gasteiger partial charge in [-0.05, 0) is 36.9 Å². The highest BCUT2D eigenvalue weighted by Crippen LogP contribution is 2.45. The van der Waals surface area contributed by atoms with Crippen LogP contribution in [0.2, 0.25) is 37.8 Å². The van der Waals surface area contributed by atoms with Crippen molar-refractivity contribution in [1.82, 2.24) is 0 Å². The number of hydrogen-bond donors (Lipinski definition) is 0. The fourth-order valence-corrected chi connectivity index (χ4v) is 5.02. The Hall–Kier alpha value is -0.506. The van der Waals surface area contributed by atoms with E-state index in [9.17, 15) is 0 Å². The molecule has 0 atom stereocenters. The van der Waals surface area contributed by atoms with Crippen LogP contribution in [0.4, 0.5) is 0 Å². The van der Waals surface area contributed by atoms with Crippen molar-refractivity contribution in [3.8, 4) is 0 Å². The predicted molar refractivity (Wildman–Crippen MR) is 106 cm³/mol. The highest BCUT2D eigenvalue weighted by molar-refractivity contribution is 6.80. The third-order valence-corrected chi connectivity index (χ3v) is 10.3. The second-order valence-electron chi connectivity index (χ2n) is 8.75. The largest absolute Gasteiger partial charge is 0.541 e. The minimum Gasteiger partial charge on any atom is -0.541 e. The average molecular weight is 339 g/mol. The lowest BCUT2D eigenvalue weighted by molar-refractivity contribution is 0.326. The topological polar surface area (TPSA) is 9.23 Å². The first-order valence-corrected chi connectivity index (χ1v) is 15.1. The summed E-state index contributed by atoms with van der Waals surface area (Å²) in [6.07, 6.45) is 5.09. The van der Waals surface area contributed by atoms with Gasteiger partial charge in [-0.1, -0.05) is 64.8 Å². The van der Waals surface area contributed by atoms with E-state index < -0.39 is 16.4 Å². The zero-order valence-electron chi connectivity index (χ0n) is 16.5. The van der Waals surface area contributed by atoms with Crippen LogP contribution in [-0.2, 0) is 4.43 Å². The predicted octanol–water partition coefficient (Wildman–Crippen LogP) is 6.92. The first-order chi connectivity index (χ1) is 9.83. The van der Waals surface area contributed by atoms with Crippen molar-refractivity contribution >= 4 is 16.4 Å². The van der Waals surface area contributed by atoms with E-state index >= 15 is 0 Å². The molecule has 0 saturated heterocycles. The average Bonchev–Trinajstić information content (AvgIpc) is 2.34. The molecular weight excluding hydrogens is 300 g/mol. The Balaban J connectivity index is 5.37. The summed E-state index contributed by atoms with van der Waals surface area (Å²) in [7, 11) is -3.10. The summed E-state index contributed by atoms with van der Waals surface area (Å²) in [6.45, 7) is 24.8.